The van der Waals surface area contributed by atoms with Gasteiger partial charge in [0.05, 0.1) is 0 Å². The zero-order chi connectivity index (χ0) is 16.2. The van der Waals surface area contributed by atoms with Gasteiger partial charge in [0, 0.05) is 0 Å². The molecule has 0 aliphatic carbocycles. The minimum Gasteiger partial charge on any atom is -0.456 e. The lowest BCUT2D eigenvalue weighted by Gasteiger charge is -2.37. The van der Waals surface area contributed by atoms with Gasteiger partial charge in [-0.3, -0.25) is 0 Å². The summed E-state index contributed by atoms with van der Waals surface area (Å²) in [6, 6.07) is 3.81. The maximum atomic E-state index is 6.65. The summed E-state index contributed by atoms with van der Waals surface area (Å²) in [5.41, 5.74) is 0. The molecule has 0 aromatic carbocycles. The second kappa shape index (κ2) is 14.8. The largest absolute Gasteiger partial charge is 0.456 e. The van der Waals surface area contributed by atoms with Crippen LogP contribution in [-0.2, 0) is 8.23 Å². The molecule has 0 amide bonds. The molecule has 0 aromatic rings. The summed E-state index contributed by atoms with van der Waals surface area (Å²) in [6.07, 6.45) is 1.25. The molecule has 0 fully saturated rings. The summed E-state index contributed by atoms with van der Waals surface area (Å²) in [5, 5.41) is 0. The monoisotopic (exact) mass is 430 g/mol. The lowest BCUT2D eigenvalue weighted by molar-refractivity contribution is 0.526. The predicted octanol–water partition coefficient (Wildman–Crippen LogP) is 9.06. The quantitative estimate of drug-likeness (QED) is 0.339. The van der Waals surface area contributed by atoms with E-state index in [1.165, 1.54) is 24.6 Å². The van der Waals surface area contributed by atoms with E-state index in [2.05, 4.69) is 65.8 Å². The van der Waals surface area contributed by atoms with Crippen molar-refractivity contribution in [3.63, 3.8) is 0 Å². The van der Waals surface area contributed by atoms with Crippen LogP contribution in [0, 0.1) is 0 Å². The van der Waals surface area contributed by atoms with Crippen molar-refractivity contribution in [2.24, 2.45) is 0 Å². The zero-order valence-electron chi connectivity index (χ0n) is 15.6. The van der Waals surface area contributed by atoms with E-state index in [1.54, 1.807) is 0 Å². The average Bonchev–Trinajstić information content (AvgIpc) is 2.09. The molecule has 6 heteroatoms. The SMILES string of the molecule is C.C.C.C.C.CCC[Si](C)(C)O[Si](C)(C)CC[Si](C)(C)O[Si](C)(C)C. The first-order valence-electron chi connectivity index (χ1n) is 8.08. The van der Waals surface area contributed by atoms with Crippen molar-refractivity contribution >= 4 is 33.3 Å². The molecule has 0 rings (SSSR count). The Hall–Kier alpha value is 0.788. The van der Waals surface area contributed by atoms with Crippen LogP contribution in [0.1, 0.15) is 50.5 Å². The molecule has 2 nitrogen and oxygen atoms in total. The standard InChI is InChI=1S/C14H38O2Si4.5CH4/c1-11-12-18(5,6)16-20(9,10)14-13-19(7,8)15-17(2,3)4;;;;;/h11-14H2,1-10H3;5*1H4. The van der Waals surface area contributed by atoms with Crippen molar-refractivity contribution in [2.45, 2.75) is 128 Å². The van der Waals surface area contributed by atoms with Gasteiger partial charge in [-0.1, -0.05) is 50.5 Å². The van der Waals surface area contributed by atoms with Gasteiger partial charge in [-0.15, -0.1) is 0 Å². The summed E-state index contributed by atoms with van der Waals surface area (Å²) in [4.78, 5) is 0. The predicted molar refractivity (Wildman–Crippen MR) is 136 cm³/mol. The van der Waals surface area contributed by atoms with E-state index in [0.717, 1.165) is 0 Å². The fraction of sp³-hybridized carbons (Fsp3) is 1.00. The van der Waals surface area contributed by atoms with Crippen molar-refractivity contribution in [2.75, 3.05) is 0 Å². The second-order valence-corrected chi connectivity index (χ2v) is 26.8. The lowest BCUT2D eigenvalue weighted by Crippen LogP contribution is -2.47. The highest BCUT2D eigenvalue weighted by atomic mass is 28.4. The Labute approximate surface area is 169 Å². The molecule has 0 saturated heterocycles. The summed E-state index contributed by atoms with van der Waals surface area (Å²) in [6.45, 7) is 23.5. The van der Waals surface area contributed by atoms with Gasteiger partial charge in [0.1, 0.15) is 0 Å². The molecule has 0 bridgehead atoms. The molecule has 0 N–H and O–H groups in total. The van der Waals surface area contributed by atoms with Crippen LogP contribution in [0.4, 0.5) is 0 Å². The van der Waals surface area contributed by atoms with Crippen LogP contribution in [0.15, 0.2) is 0 Å². The van der Waals surface area contributed by atoms with Crippen molar-refractivity contribution in [3.8, 4) is 0 Å². The Morgan fingerprint density at radius 2 is 0.760 bits per heavy atom. The molecule has 0 radical (unpaired) electrons. The molecule has 25 heavy (non-hydrogen) atoms. The van der Waals surface area contributed by atoms with Gasteiger partial charge in [0.2, 0.25) is 0 Å². The normalized spacial score (nSPS) is 11.8. The first kappa shape index (κ1) is 40.5. The fourth-order valence-electron chi connectivity index (χ4n) is 2.93. The van der Waals surface area contributed by atoms with Crippen LogP contribution < -0.4 is 0 Å². The van der Waals surface area contributed by atoms with E-state index in [-0.39, 0.29) is 37.1 Å². The molecular formula is C19H58O2Si4. The third-order valence-corrected chi connectivity index (χ3v) is 17.5. The first-order valence-corrected chi connectivity index (χ1v) is 20.8. The van der Waals surface area contributed by atoms with Crippen molar-refractivity contribution in [1.29, 1.82) is 0 Å². The Morgan fingerprint density at radius 3 is 1.04 bits per heavy atom. The van der Waals surface area contributed by atoms with Crippen LogP contribution in [0.3, 0.4) is 0 Å². The molecule has 0 spiro atoms. The Kier molecular flexibility index (Phi) is 24.0. The van der Waals surface area contributed by atoms with E-state index < -0.39 is 33.3 Å². The van der Waals surface area contributed by atoms with E-state index in [9.17, 15) is 0 Å². The van der Waals surface area contributed by atoms with E-state index in [4.69, 9.17) is 8.23 Å². The van der Waals surface area contributed by atoms with Gasteiger partial charge in [-0.2, -0.15) is 0 Å². The van der Waals surface area contributed by atoms with Crippen molar-refractivity contribution in [3.05, 3.63) is 0 Å². The third kappa shape index (κ3) is 22.7. The maximum absolute atomic E-state index is 6.65. The molecule has 0 aliphatic rings. The molecule has 0 heterocycles. The van der Waals surface area contributed by atoms with Gasteiger partial charge >= 0.3 is 0 Å². The Balaban J connectivity index is -0.000000180. The van der Waals surface area contributed by atoms with Gasteiger partial charge in [-0.05, 0) is 77.1 Å². The second-order valence-electron chi connectivity index (χ2n) is 8.85. The van der Waals surface area contributed by atoms with Crippen LogP contribution in [0.25, 0.3) is 0 Å². The summed E-state index contributed by atoms with van der Waals surface area (Å²) >= 11 is 0. The first-order chi connectivity index (χ1) is 8.68. The van der Waals surface area contributed by atoms with Gasteiger partial charge < -0.3 is 8.23 Å². The Morgan fingerprint density at radius 1 is 0.480 bits per heavy atom. The zero-order valence-corrected chi connectivity index (χ0v) is 19.6. The number of hydrogen-bond donors (Lipinski definition) is 0. The van der Waals surface area contributed by atoms with Crippen LogP contribution in [0.2, 0.25) is 77.1 Å². The third-order valence-electron chi connectivity index (χ3n) is 3.32. The van der Waals surface area contributed by atoms with Crippen molar-refractivity contribution < 1.29 is 8.23 Å². The van der Waals surface area contributed by atoms with Crippen LogP contribution in [-0.4, -0.2) is 33.3 Å². The highest BCUT2D eigenvalue weighted by Gasteiger charge is 2.36. The molecule has 0 aliphatic heterocycles. The molecule has 0 unspecified atom stereocenters. The van der Waals surface area contributed by atoms with Crippen molar-refractivity contribution in [1.82, 2.24) is 0 Å². The topological polar surface area (TPSA) is 18.5 Å². The maximum Gasteiger partial charge on any atom is 0.173 e. The van der Waals surface area contributed by atoms with E-state index in [0.29, 0.717) is 0 Å². The van der Waals surface area contributed by atoms with Crippen LogP contribution >= 0.6 is 0 Å². The average molecular weight is 431 g/mol. The van der Waals surface area contributed by atoms with Gasteiger partial charge in [-0.25, -0.2) is 0 Å². The highest BCUT2D eigenvalue weighted by molar-refractivity contribution is 6.87. The summed E-state index contributed by atoms with van der Waals surface area (Å²) < 4.78 is 13.1. The van der Waals surface area contributed by atoms with Gasteiger partial charge in [0.15, 0.2) is 33.3 Å². The van der Waals surface area contributed by atoms with E-state index in [1.807, 2.05) is 0 Å². The molecule has 0 aromatic heterocycles. The summed E-state index contributed by atoms with van der Waals surface area (Å²) in [7, 11) is -5.88. The highest BCUT2D eigenvalue weighted by Crippen LogP contribution is 2.28. The van der Waals surface area contributed by atoms with E-state index >= 15 is 0 Å². The van der Waals surface area contributed by atoms with Crippen LogP contribution in [0.5, 0.6) is 0 Å². The minimum absolute atomic E-state index is 0. The number of hydrogen-bond acceptors (Lipinski definition) is 2. The fourth-order valence-corrected chi connectivity index (χ4v) is 22.8. The lowest BCUT2D eigenvalue weighted by atomic mass is 10.6. The number of rotatable bonds is 9. The summed E-state index contributed by atoms with van der Waals surface area (Å²) in [5.74, 6) is 0. The minimum atomic E-state index is -1.53. The van der Waals surface area contributed by atoms with Gasteiger partial charge in [0.25, 0.3) is 0 Å². The molecule has 0 saturated carbocycles. The molecular weight excluding hydrogens is 373 g/mol. The molecule has 0 atom stereocenters. The molecule has 162 valence electrons. The smallest absolute Gasteiger partial charge is 0.173 e. The Bertz CT molecular complexity index is 298.